The summed E-state index contributed by atoms with van der Waals surface area (Å²) in [6.45, 7) is 4.30. The first-order chi connectivity index (χ1) is 10.2. The zero-order valence-electron chi connectivity index (χ0n) is 13.2. The van der Waals surface area contributed by atoms with Crippen molar-refractivity contribution in [2.24, 2.45) is 0 Å². The lowest BCUT2D eigenvalue weighted by Gasteiger charge is -2.09. The Morgan fingerprint density at radius 2 is 1.95 bits per heavy atom. The molecule has 0 aromatic carbocycles. The van der Waals surface area contributed by atoms with Crippen LogP contribution in [0, 0.1) is 0 Å². The number of hydrogen-bond donors (Lipinski definition) is 3. The maximum Gasteiger partial charge on any atom is 0.261 e. The predicted octanol–water partition coefficient (Wildman–Crippen LogP) is 1.79. The fraction of sp³-hybridized carbons (Fsp3) is 0.625. The molecule has 3 N–H and O–H groups in total. The summed E-state index contributed by atoms with van der Waals surface area (Å²) in [5, 5.41) is 6.01. The SMILES string of the molecule is CCCNCCNC(=O)c1cc2c([nH]c1=O)CCCCC2.Cl. The van der Waals surface area contributed by atoms with E-state index in [1.807, 2.05) is 0 Å². The van der Waals surface area contributed by atoms with E-state index in [1.54, 1.807) is 6.07 Å². The van der Waals surface area contributed by atoms with Crippen molar-refractivity contribution in [2.45, 2.75) is 45.4 Å². The van der Waals surface area contributed by atoms with E-state index in [4.69, 9.17) is 0 Å². The summed E-state index contributed by atoms with van der Waals surface area (Å²) < 4.78 is 0. The van der Waals surface area contributed by atoms with Gasteiger partial charge in [-0.3, -0.25) is 9.59 Å². The molecule has 0 saturated heterocycles. The first-order valence-electron chi connectivity index (χ1n) is 7.96. The normalized spacial score (nSPS) is 13.7. The summed E-state index contributed by atoms with van der Waals surface area (Å²) in [4.78, 5) is 27.1. The fourth-order valence-electron chi connectivity index (χ4n) is 2.68. The van der Waals surface area contributed by atoms with Gasteiger partial charge in [0.05, 0.1) is 0 Å². The van der Waals surface area contributed by atoms with E-state index in [0.717, 1.165) is 56.5 Å². The van der Waals surface area contributed by atoms with Crippen LogP contribution in [0.15, 0.2) is 10.9 Å². The van der Waals surface area contributed by atoms with Crippen molar-refractivity contribution >= 4 is 18.3 Å². The molecular weight excluding hydrogens is 302 g/mol. The largest absolute Gasteiger partial charge is 0.351 e. The Balaban J connectivity index is 0.00000242. The summed E-state index contributed by atoms with van der Waals surface area (Å²) >= 11 is 0. The Bertz CT molecular complexity index is 543. The third-order valence-electron chi connectivity index (χ3n) is 3.85. The first-order valence-corrected chi connectivity index (χ1v) is 7.96. The zero-order valence-corrected chi connectivity index (χ0v) is 14.0. The molecule has 2 rings (SSSR count). The summed E-state index contributed by atoms with van der Waals surface area (Å²) in [7, 11) is 0. The fourth-order valence-corrected chi connectivity index (χ4v) is 2.68. The van der Waals surface area contributed by atoms with Gasteiger partial charge in [-0.1, -0.05) is 13.3 Å². The quantitative estimate of drug-likeness (QED) is 0.551. The number of amides is 1. The predicted molar refractivity (Wildman–Crippen MR) is 91.1 cm³/mol. The van der Waals surface area contributed by atoms with Gasteiger partial charge in [-0.15, -0.1) is 12.4 Å². The van der Waals surface area contributed by atoms with Crippen LogP contribution in [-0.4, -0.2) is 30.5 Å². The van der Waals surface area contributed by atoms with Crippen molar-refractivity contribution in [2.75, 3.05) is 19.6 Å². The number of aromatic amines is 1. The van der Waals surface area contributed by atoms with E-state index in [1.165, 1.54) is 6.42 Å². The molecule has 22 heavy (non-hydrogen) atoms. The van der Waals surface area contributed by atoms with Crippen LogP contribution >= 0.6 is 12.4 Å². The number of halogens is 1. The van der Waals surface area contributed by atoms with Crippen molar-refractivity contribution in [1.29, 1.82) is 0 Å². The summed E-state index contributed by atoms with van der Waals surface area (Å²) in [6.07, 6.45) is 6.34. The van der Waals surface area contributed by atoms with Crippen molar-refractivity contribution in [3.63, 3.8) is 0 Å². The lowest BCUT2D eigenvalue weighted by Crippen LogP contribution is -2.35. The molecule has 0 saturated carbocycles. The second-order valence-corrected chi connectivity index (χ2v) is 5.58. The number of H-pyrrole nitrogens is 1. The Hall–Kier alpha value is -1.33. The number of fused-ring (bicyclic) bond motifs is 1. The van der Waals surface area contributed by atoms with Gasteiger partial charge < -0.3 is 15.6 Å². The van der Waals surface area contributed by atoms with Gasteiger partial charge in [0.1, 0.15) is 5.56 Å². The van der Waals surface area contributed by atoms with E-state index < -0.39 is 0 Å². The molecular formula is C16H26ClN3O2. The van der Waals surface area contributed by atoms with Crippen molar-refractivity contribution in [3.8, 4) is 0 Å². The number of aromatic nitrogens is 1. The van der Waals surface area contributed by atoms with Crippen molar-refractivity contribution < 1.29 is 4.79 Å². The molecule has 0 atom stereocenters. The highest BCUT2D eigenvalue weighted by Crippen LogP contribution is 2.18. The molecule has 1 amide bonds. The molecule has 0 fully saturated rings. The second-order valence-electron chi connectivity index (χ2n) is 5.58. The van der Waals surface area contributed by atoms with Gasteiger partial charge in [-0.2, -0.15) is 0 Å². The average molecular weight is 328 g/mol. The van der Waals surface area contributed by atoms with Crippen LogP contribution in [0.25, 0.3) is 0 Å². The minimum Gasteiger partial charge on any atom is -0.351 e. The minimum atomic E-state index is -0.276. The Labute approximate surface area is 137 Å². The van der Waals surface area contributed by atoms with Gasteiger partial charge in [0, 0.05) is 18.8 Å². The molecule has 6 heteroatoms. The molecule has 1 aromatic heterocycles. The van der Waals surface area contributed by atoms with E-state index >= 15 is 0 Å². The number of carbonyl (C=O) groups is 1. The molecule has 0 radical (unpaired) electrons. The van der Waals surface area contributed by atoms with Gasteiger partial charge in [-0.05, 0) is 50.3 Å². The molecule has 5 nitrogen and oxygen atoms in total. The van der Waals surface area contributed by atoms with Crippen molar-refractivity contribution in [1.82, 2.24) is 15.6 Å². The number of aryl methyl sites for hydroxylation is 2. The molecule has 1 aliphatic carbocycles. The van der Waals surface area contributed by atoms with Gasteiger partial charge in [0.25, 0.3) is 11.5 Å². The summed E-state index contributed by atoms with van der Waals surface area (Å²) in [5.41, 5.74) is 2.11. The van der Waals surface area contributed by atoms with Crippen LogP contribution in [0.1, 0.15) is 54.2 Å². The maximum atomic E-state index is 12.1. The van der Waals surface area contributed by atoms with E-state index in [9.17, 15) is 9.59 Å². The van der Waals surface area contributed by atoms with E-state index in [-0.39, 0.29) is 29.4 Å². The average Bonchev–Trinajstić information content (AvgIpc) is 2.70. The molecule has 124 valence electrons. The molecule has 0 unspecified atom stereocenters. The van der Waals surface area contributed by atoms with E-state index in [2.05, 4.69) is 22.5 Å². The number of pyridine rings is 1. The molecule has 0 aliphatic heterocycles. The van der Waals surface area contributed by atoms with Crippen LogP contribution in [0.5, 0.6) is 0 Å². The Morgan fingerprint density at radius 3 is 2.73 bits per heavy atom. The Morgan fingerprint density at radius 1 is 1.18 bits per heavy atom. The third-order valence-corrected chi connectivity index (χ3v) is 3.85. The van der Waals surface area contributed by atoms with E-state index in [0.29, 0.717) is 6.54 Å². The first kappa shape index (κ1) is 18.7. The number of hydrogen-bond acceptors (Lipinski definition) is 3. The van der Waals surface area contributed by atoms with Gasteiger partial charge in [0.15, 0.2) is 0 Å². The topological polar surface area (TPSA) is 74.0 Å². The monoisotopic (exact) mass is 327 g/mol. The lowest BCUT2D eigenvalue weighted by atomic mass is 10.1. The molecule has 1 aliphatic rings. The van der Waals surface area contributed by atoms with Crippen LogP contribution in [-0.2, 0) is 12.8 Å². The number of rotatable bonds is 6. The smallest absolute Gasteiger partial charge is 0.261 e. The highest BCUT2D eigenvalue weighted by Gasteiger charge is 2.15. The highest BCUT2D eigenvalue weighted by atomic mass is 35.5. The van der Waals surface area contributed by atoms with Crippen molar-refractivity contribution in [3.05, 3.63) is 33.2 Å². The van der Waals surface area contributed by atoms with Gasteiger partial charge in [0.2, 0.25) is 0 Å². The van der Waals surface area contributed by atoms with Crippen LogP contribution in [0.4, 0.5) is 0 Å². The standard InChI is InChI=1S/C16H25N3O2.ClH/c1-2-8-17-9-10-18-15(20)13-11-12-6-4-3-5-7-14(12)19-16(13)21;/h11,17H,2-10H2,1H3,(H,18,20)(H,19,21);1H. The van der Waals surface area contributed by atoms with Crippen LogP contribution in [0.3, 0.4) is 0 Å². The molecule has 0 bridgehead atoms. The lowest BCUT2D eigenvalue weighted by molar-refractivity contribution is 0.0952. The zero-order chi connectivity index (χ0) is 15.1. The molecule has 1 heterocycles. The summed E-state index contributed by atoms with van der Waals surface area (Å²) in [6, 6.07) is 1.79. The highest BCUT2D eigenvalue weighted by molar-refractivity contribution is 5.94. The maximum absolute atomic E-state index is 12.1. The number of nitrogens with one attached hydrogen (secondary N) is 3. The van der Waals surface area contributed by atoms with Gasteiger partial charge in [-0.25, -0.2) is 0 Å². The van der Waals surface area contributed by atoms with Gasteiger partial charge >= 0.3 is 0 Å². The van der Waals surface area contributed by atoms with Crippen LogP contribution in [0.2, 0.25) is 0 Å². The number of carbonyl (C=O) groups excluding carboxylic acids is 1. The second kappa shape index (κ2) is 9.64. The molecule has 1 aromatic rings. The minimum absolute atomic E-state index is 0. The summed E-state index contributed by atoms with van der Waals surface area (Å²) in [5.74, 6) is -0.276. The third kappa shape index (κ3) is 5.14. The van der Waals surface area contributed by atoms with Crippen LogP contribution < -0.4 is 16.2 Å². The Kier molecular flexibility index (Phi) is 8.20. The molecule has 0 spiro atoms.